The number of aryl methyl sites for hydroxylation is 1. The van der Waals surface area contributed by atoms with Gasteiger partial charge in [-0.2, -0.15) is 0 Å². The number of ether oxygens (including phenoxy) is 2. The van der Waals surface area contributed by atoms with Gasteiger partial charge in [0.2, 0.25) is 0 Å². The fourth-order valence-corrected chi connectivity index (χ4v) is 5.62. The first-order valence-electron chi connectivity index (χ1n) is 11.2. The summed E-state index contributed by atoms with van der Waals surface area (Å²) in [7, 11) is 1.63. The molecule has 0 saturated heterocycles. The number of fused-ring (bicyclic) bond motifs is 1. The summed E-state index contributed by atoms with van der Waals surface area (Å²) >= 11 is 3.01. The molecule has 2 heterocycles. The number of hydrogen-bond donors (Lipinski definition) is 0. The van der Waals surface area contributed by atoms with Crippen LogP contribution in [0.3, 0.4) is 0 Å². The van der Waals surface area contributed by atoms with Crippen LogP contribution in [0.2, 0.25) is 0 Å². The third-order valence-corrected chi connectivity index (χ3v) is 7.35. The largest absolute Gasteiger partial charge is 0.497 e. The average molecular weight is 501 g/mol. The van der Waals surface area contributed by atoms with Gasteiger partial charge in [0, 0.05) is 22.8 Å². The molecule has 0 radical (unpaired) electrons. The Balaban J connectivity index is 1.48. The zero-order valence-electron chi connectivity index (χ0n) is 19.4. The van der Waals surface area contributed by atoms with E-state index in [2.05, 4.69) is 31.2 Å². The molecule has 35 heavy (non-hydrogen) atoms. The number of hydrogen-bond acceptors (Lipinski definition) is 6. The molecule has 0 atom stereocenters. The Morgan fingerprint density at radius 3 is 2.51 bits per heavy atom. The molecule has 5 aromatic rings. The lowest BCUT2D eigenvalue weighted by atomic mass is 10.1. The number of aromatic nitrogens is 2. The smallest absolute Gasteiger partial charge is 0.268 e. The third-order valence-electron chi connectivity index (χ3n) is 5.58. The van der Waals surface area contributed by atoms with E-state index in [0.717, 1.165) is 33.1 Å². The second-order valence-electron chi connectivity index (χ2n) is 7.94. The normalized spacial score (nSPS) is 11.0. The van der Waals surface area contributed by atoms with Crippen LogP contribution in [0.5, 0.6) is 11.5 Å². The molecule has 0 unspecified atom stereocenters. The zero-order chi connectivity index (χ0) is 24.2. The maximum atomic E-state index is 13.9. The van der Waals surface area contributed by atoms with Crippen molar-refractivity contribution in [3.8, 4) is 28.3 Å². The SMILES string of the molecule is COc1cccc(OCCSc2nc3scc(-c4ccc(C)cc4)c3c(=O)n2-c2ccccc2)c1. The highest BCUT2D eigenvalue weighted by atomic mass is 32.2. The molecule has 5 nitrogen and oxygen atoms in total. The minimum atomic E-state index is -0.0609. The molecule has 0 N–H and O–H groups in total. The maximum absolute atomic E-state index is 13.9. The van der Waals surface area contributed by atoms with E-state index in [0.29, 0.717) is 22.9 Å². The summed E-state index contributed by atoms with van der Waals surface area (Å²) in [5.41, 5.74) is 3.86. The van der Waals surface area contributed by atoms with Crippen molar-refractivity contribution >= 4 is 33.3 Å². The van der Waals surface area contributed by atoms with E-state index in [-0.39, 0.29) is 5.56 Å². The number of thiophene rings is 1. The van der Waals surface area contributed by atoms with Gasteiger partial charge in [0.25, 0.3) is 5.56 Å². The standard InChI is InChI=1S/C28H24N2O3S2/c1-19-11-13-20(14-12-19)24-18-35-26-25(24)27(31)30(21-7-4-3-5-8-21)28(29-26)34-16-15-33-23-10-6-9-22(17-23)32-2/h3-14,17-18H,15-16H2,1-2H3. The monoisotopic (exact) mass is 500 g/mol. The second-order valence-corrected chi connectivity index (χ2v) is 9.86. The summed E-state index contributed by atoms with van der Waals surface area (Å²) in [5.74, 6) is 2.13. The van der Waals surface area contributed by atoms with Gasteiger partial charge in [-0.05, 0) is 36.8 Å². The van der Waals surface area contributed by atoms with Crippen LogP contribution >= 0.6 is 23.1 Å². The van der Waals surface area contributed by atoms with Crippen LogP contribution in [-0.2, 0) is 0 Å². The molecule has 7 heteroatoms. The first-order chi connectivity index (χ1) is 17.1. The van der Waals surface area contributed by atoms with E-state index in [4.69, 9.17) is 14.5 Å². The summed E-state index contributed by atoms with van der Waals surface area (Å²) < 4.78 is 12.9. The molecule has 5 rings (SSSR count). The highest BCUT2D eigenvalue weighted by molar-refractivity contribution is 7.99. The van der Waals surface area contributed by atoms with Crippen LogP contribution < -0.4 is 15.0 Å². The maximum Gasteiger partial charge on any atom is 0.268 e. The molecule has 0 spiro atoms. The summed E-state index contributed by atoms with van der Waals surface area (Å²) in [6.07, 6.45) is 0. The highest BCUT2D eigenvalue weighted by Crippen LogP contribution is 2.33. The Morgan fingerprint density at radius 2 is 1.74 bits per heavy atom. The first-order valence-corrected chi connectivity index (χ1v) is 13.1. The summed E-state index contributed by atoms with van der Waals surface area (Å²) in [4.78, 5) is 19.5. The van der Waals surface area contributed by atoms with Crippen LogP contribution in [0.4, 0.5) is 0 Å². The molecule has 0 aliphatic rings. The Bertz CT molecular complexity index is 1510. The van der Waals surface area contributed by atoms with Crippen LogP contribution in [-0.4, -0.2) is 29.0 Å². The van der Waals surface area contributed by atoms with Crippen LogP contribution in [0.15, 0.2) is 94.2 Å². The quantitative estimate of drug-likeness (QED) is 0.136. The van der Waals surface area contributed by atoms with Crippen molar-refractivity contribution in [1.82, 2.24) is 9.55 Å². The number of methoxy groups -OCH3 is 1. The van der Waals surface area contributed by atoms with Crippen molar-refractivity contribution in [2.24, 2.45) is 0 Å². The Kier molecular flexibility index (Phi) is 6.88. The molecular formula is C28H24N2O3S2. The van der Waals surface area contributed by atoms with Crippen molar-refractivity contribution in [2.45, 2.75) is 12.1 Å². The van der Waals surface area contributed by atoms with Crippen LogP contribution in [0, 0.1) is 6.92 Å². The average Bonchev–Trinajstić information content (AvgIpc) is 3.32. The molecule has 2 aromatic heterocycles. The fraction of sp³-hybridized carbons (Fsp3) is 0.143. The van der Waals surface area contributed by atoms with Crippen molar-refractivity contribution in [3.05, 3.63) is 100 Å². The lowest BCUT2D eigenvalue weighted by Gasteiger charge is -2.13. The van der Waals surface area contributed by atoms with Gasteiger partial charge in [0.05, 0.1) is 24.8 Å². The molecule has 3 aromatic carbocycles. The lowest BCUT2D eigenvalue weighted by molar-refractivity contribution is 0.339. The molecule has 0 aliphatic carbocycles. The van der Waals surface area contributed by atoms with Gasteiger partial charge in [-0.3, -0.25) is 9.36 Å². The van der Waals surface area contributed by atoms with E-state index in [1.807, 2.05) is 60.0 Å². The number of nitrogens with zero attached hydrogens (tertiary/aromatic N) is 2. The van der Waals surface area contributed by atoms with E-state index in [1.165, 1.54) is 28.7 Å². The van der Waals surface area contributed by atoms with Gasteiger partial charge >= 0.3 is 0 Å². The number of benzene rings is 3. The van der Waals surface area contributed by atoms with Gasteiger partial charge in [-0.1, -0.05) is 65.9 Å². The lowest BCUT2D eigenvalue weighted by Crippen LogP contribution is -2.21. The van der Waals surface area contributed by atoms with Gasteiger partial charge < -0.3 is 9.47 Å². The number of rotatable bonds is 8. The Labute approximate surface area is 212 Å². The molecule has 176 valence electrons. The van der Waals surface area contributed by atoms with E-state index in [1.54, 1.807) is 11.7 Å². The van der Waals surface area contributed by atoms with E-state index < -0.39 is 0 Å². The molecule has 0 saturated carbocycles. The van der Waals surface area contributed by atoms with Crippen molar-refractivity contribution in [2.75, 3.05) is 19.5 Å². The van der Waals surface area contributed by atoms with Crippen LogP contribution in [0.1, 0.15) is 5.56 Å². The fourth-order valence-electron chi connectivity index (χ4n) is 3.80. The molecular weight excluding hydrogens is 476 g/mol. The van der Waals surface area contributed by atoms with Crippen molar-refractivity contribution in [1.29, 1.82) is 0 Å². The van der Waals surface area contributed by atoms with Crippen molar-refractivity contribution < 1.29 is 9.47 Å². The zero-order valence-corrected chi connectivity index (χ0v) is 21.1. The predicted octanol–water partition coefficient (Wildman–Crippen LogP) is 6.60. The Hall–Kier alpha value is -3.55. The predicted molar refractivity (Wildman–Crippen MR) is 145 cm³/mol. The van der Waals surface area contributed by atoms with Crippen LogP contribution in [0.25, 0.3) is 27.0 Å². The van der Waals surface area contributed by atoms with Crippen molar-refractivity contribution in [3.63, 3.8) is 0 Å². The third kappa shape index (κ3) is 4.97. The van der Waals surface area contributed by atoms with E-state index >= 15 is 0 Å². The van der Waals surface area contributed by atoms with E-state index in [9.17, 15) is 4.79 Å². The summed E-state index contributed by atoms with van der Waals surface area (Å²) in [6.45, 7) is 2.53. The summed E-state index contributed by atoms with van der Waals surface area (Å²) in [6, 6.07) is 25.4. The molecule has 0 bridgehead atoms. The molecule has 0 amide bonds. The minimum Gasteiger partial charge on any atom is -0.497 e. The second kappa shape index (κ2) is 10.4. The minimum absolute atomic E-state index is 0.0609. The first kappa shape index (κ1) is 23.2. The number of para-hydroxylation sites is 1. The topological polar surface area (TPSA) is 53.4 Å². The highest BCUT2D eigenvalue weighted by Gasteiger charge is 2.18. The number of thioether (sulfide) groups is 1. The molecule has 0 fully saturated rings. The van der Waals surface area contributed by atoms with Gasteiger partial charge in [-0.15, -0.1) is 11.3 Å². The van der Waals surface area contributed by atoms with Gasteiger partial charge in [0.1, 0.15) is 16.3 Å². The molecule has 0 aliphatic heterocycles. The summed E-state index contributed by atoms with van der Waals surface area (Å²) in [5, 5.41) is 3.33. The Morgan fingerprint density at radius 1 is 0.971 bits per heavy atom. The van der Waals surface area contributed by atoms with Gasteiger partial charge in [-0.25, -0.2) is 4.98 Å². The van der Waals surface area contributed by atoms with Gasteiger partial charge in [0.15, 0.2) is 5.16 Å².